The maximum atomic E-state index is 12.3. The average molecular weight is 346 g/mol. The molecule has 1 aliphatic rings. The number of carbonyl (C=O) groups excluding carboxylic acids is 2. The van der Waals surface area contributed by atoms with Crippen LogP contribution in [0, 0.1) is 5.92 Å². The second-order valence-electron chi connectivity index (χ2n) is 6.28. The number of primary amides is 1. The first kappa shape index (κ1) is 16.9. The van der Waals surface area contributed by atoms with Gasteiger partial charge in [-0.25, -0.2) is 4.98 Å². The molecule has 24 heavy (non-hydrogen) atoms. The largest absolute Gasteiger partial charge is 0.370 e. The van der Waals surface area contributed by atoms with Crippen molar-refractivity contribution in [3.05, 3.63) is 24.3 Å². The highest BCUT2D eigenvalue weighted by atomic mass is 32.1. The highest BCUT2D eigenvalue weighted by Gasteiger charge is 2.22. The standard InChI is InChI=1S/C17H22N4O2S/c18-15(22)8-7-12-4-3-9-21(10-12)11-16(23)20-17-19-13-5-1-2-6-14(13)24-17/h1-2,5-6,12H,3-4,7-11H2,(H2,18,22)(H,19,20,23). The zero-order chi connectivity index (χ0) is 16.9. The first-order chi connectivity index (χ1) is 11.6. The number of nitrogens with zero attached hydrogens (tertiary/aromatic N) is 2. The van der Waals surface area contributed by atoms with Crippen molar-refractivity contribution in [3.8, 4) is 0 Å². The topological polar surface area (TPSA) is 88.3 Å². The van der Waals surface area contributed by atoms with Gasteiger partial charge in [0.25, 0.3) is 0 Å². The van der Waals surface area contributed by atoms with E-state index in [9.17, 15) is 9.59 Å². The van der Waals surface area contributed by atoms with Crippen molar-refractivity contribution in [2.45, 2.75) is 25.7 Å². The summed E-state index contributed by atoms with van der Waals surface area (Å²) in [6.45, 7) is 2.13. The Balaban J connectivity index is 1.51. The molecule has 0 radical (unpaired) electrons. The number of hydrogen-bond donors (Lipinski definition) is 2. The Hall–Kier alpha value is -1.99. The molecule has 2 amide bonds. The number of hydrogen-bond acceptors (Lipinski definition) is 5. The molecular weight excluding hydrogens is 324 g/mol. The molecule has 3 rings (SSSR count). The molecule has 0 aliphatic carbocycles. The fourth-order valence-corrected chi connectivity index (χ4v) is 4.05. The number of benzene rings is 1. The van der Waals surface area contributed by atoms with Crippen LogP contribution < -0.4 is 11.1 Å². The van der Waals surface area contributed by atoms with Crippen molar-refractivity contribution in [1.29, 1.82) is 0 Å². The lowest BCUT2D eigenvalue weighted by Gasteiger charge is -2.31. The Morgan fingerprint density at radius 1 is 1.38 bits per heavy atom. The van der Waals surface area contributed by atoms with E-state index in [1.807, 2.05) is 24.3 Å². The molecule has 1 aromatic carbocycles. The van der Waals surface area contributed by atoms with Gasteiger partial charge < -0.3 is 11.1 Å². The molecule has 1 fully saturated rings. The quantitative estimate of drug-likeness (QED) is 0.839. The van der Waals surface area contributed by atoms with E-state index in [2.05, 4.69) is 15.2 Å². The number of amides is 2. The summed E-state index contributed by atoms with van der Waals surface area (Å²) in [5.41, 5.74) is 6.13. The van der Waals surface area contributed by atoms with E-state index in [0.717, 1.165) is 42.6 Å². The number of aromatic nitrogens is 1. The van der Waals surface area contributed by atoms with Gasteiger partial charge in [-0.05, 0) is 43.9 Å². The Kier molecular flexibility index (Phi) is 5.42. The lowest BCUT2D eigenvalue weighted by atomic mass is 9.93. The van der Waals surface area contributed by atoms with Gasteiger partial charge in [-0.3, -0.25) is 14.5 Å². The Morgan fingerprint density at radius 2 is 2.21 bits per heavy atom. The number of rotatable bonds is 6. The number of para-hydroxylation sites is 1. The first-order valence-corrected chi connectivity index (χ1v) is 9.08. The lowest BCUT2D eigenvalue weighted by molar-refractivity contribution is -0.119. The van der Waals surface area contributed by atoms with Gasteiger partial charge in [0.2, 0.25) is 11.8 Å². The number of fused-ring (bicyclic) bond motifs is 1. The molecule has 1 aliphatic heterocycles. The predicted octanol–water partition coefficient (Wildman–Crippen LogP) is 2.21. The van der Waals surface area contributed by atoms with Crippen molar-refractivity contribution in [3.63, 3.8) is 0 Å². The van der Waals surface area contributed by atoms with Gasteiger partial charge in [-0.2, -0.15) is 0 Å². The number of anilines is 1. The fraction of sp³-hybridized carbons (Fsp3) is 0.471. The SMILES string of the molecule is NC(=O)CCC1CCCN(CC(=O)Nc2nc3ccccc3s2)C1. The minimum Gasteiger partial charge on any atom is -0.370 e. The van der Waals surface area contributed by atoms with Crippen molar-refractivity contribution >= 4 is 38.5 Å². The van der Waals surface area contributed by atoms with Crippen molar-refractivity contribution in [2.75, 3.05) is 25.0 Å². The maximum absolute atomic E-state index is 12.3. The summed E-state index contributed by atoms with van der Waals surface area (Å²) in [7, 11) is 0. The highest BCUT2D eigenvalue weighted by molar-refractivity contribution is 7.22. The van der Waals surface area contributed by atoms with Crippen LogP contribution in [0.5, 0.6) is 0 Å². The van der Waals surface area contributed by atoms with E-state index in [4.69, 9.17) is 5.73 Å². The monoisotopic (exact) mass is 346 g/mol. The molecule has 2 heterocycles. The average Bonchev–Trinajstić information content (AvgIpc) is 2.95. The minimum atomic E-state index is -0.249. The van der Waals surface area contributed by atoms with Crippen molar-refractivity contribution < 1.29 is 9.59 Å². The van der Waals surface area contributed by atoms with Gasteiger partial charge in [-0.15, -0.1) is 0 Å². The van der Waals surface area contributed by atoms with E-state index in [1.165, 1.54) is 11.3 Å². The Bertz CT molecular complexity index is 697. The fourth-order valence-electron chi connectivity index (χ4n) is 3.16. The van der Waals surface area contributed by atoms with E-state index in [1.54, 1.807) is 0 Å². The van der Waals surface area contributed by atoms with Crippen molar-refractivity contribution in [1.82, 2.24) is 9.88 Å². The van der Waals surface area contributed by atoms with Crippen LogP contribution in [0.15, 0.2) is 24.3 Å². The molecule has 128 valence electrons. The van der Waals surface area contributed by atoms with Gasteiger partial charge >= 0.3 is 0 Å². The summed E-state index contributed by atoms with van der Waals surface area (Å²) in [5, 5.41) is 3.54. The van der Waals surface area contributed by atoms with Gasteiger partial charge in [0.05, 0.1) is 16.8 Å². The van der Waals surface area contributed by atoms with Crippen LogP contribution in [0.2, 0.25) is 0 Å². The Morgan fingerprint density at radius 3 is 3.00 bits per heavy atom. The second-order valence-corrected chi connectivity index (χ2v) is 7.31. The van der Waals surface area contributed by atoms with Crippen LogP contribution in [0.4, 0.5) is 5.13 Å². The molecule has 0 bridgehead atoms. The van der Waals surface area contributed by atoms with Gasteiger partial charge in [0.15, 0.2) is 5.13 Å². The zero-order valence-corrected chi connectivity index (χ0v) is 14.3. The number of nitrogens with one attached hydrogen (secondary N) is 1. The van der Waals surface area contributed by atoms with Crippen molar-refractivity contribution in [2.24, 2.45) is 11.7 Å². The number of thiazole rings is 1. The van der Waals surface area contributed by atoms with E-state index >= 15 is 0 Å². The minimum absolute atomic E-state index is 0.0374. The molecule has 1 atom stereocenters. The van der Waals surface area contributed by atoms with Crippen LogP contribution in [0.25, 0.3) is 10.2 Å². The van der Waals surface area contributed by atoms with Crippen LogP contribution in [-0.2, 0) is 9.59 Å². The van der Waals surface area contributed by atoms with E-state index in [0.29, 0.717) is 24.0 Å². The van der Waals surface area contributed by atoms with Crippen LogP contribution in [0.1, 0.15) is 25.7 Å². The number of likely N-dealkylation sites (tertiary alicyclic amines) is 1. The molecule has 6 nitrogen and oxygen atoms in total. The van der Waals surface area contributed by atoms with Gasteiger partial charge in [-0.1, -0.05) is 23.5 Å². The van der Waals surface area contributed by atoms with Crippen LogP contribution in [-0.4, -0.2) is 41.3 Å². The second kappa shape index (κ2) is 7.72. The number of nitrogens with two attached hydrogens (primary N) is 1. The summed E-state index contributed by atoms with van der Waals surface area (Å²) in [4.78, 5) is 29.8. The molecule has 1 saturated heterocycles. The van der Waals surface area contributed by atoms with E-state index in [-0.39, 0.29) is 11.8 Å². The number of piperidine rings is 1. The zero-order valence-electron chi connectivity index (χ0n) is 13.5. The molecule has 2 aromatic rings. The molecular formula is C17H22N4O2S. The summed E-state index contributed by atoms with van der Waals surface area (Å²) >= 11 is 1.49. The van der Waals surface area contributed by atoms with Crippen LogP contribution >= 0.6 is 11.3 Å². The third kappa shape index (κ3) is 4.52. The summed E-state index contributed by atoms with van der Waals surface area (Å²) in [6.07, 6.45) is 3.39. The smallest absolute Gasteiger partial charge is 0.240 e. The molecule has 0 saturated carbocycles. The number of carbonyl (C=O) groups is 2. The van der Waals surface area contributed by atoms with Gasteiger partial charge in [0.1, 0.15) is 0 Å². The third-order valence-electron chi connectivity index (χ3n) is 4.31. The predicted molar refractivity (Wildman–Crippen MR) is 95.8 cm³/mol. The normalized spacial score (nSPS) is 18.6. The summed E-state index contributed by atoms with van der Waals surface area (Å²) in [5.74, 6) is 0.159. The molecule has 3 N–H and O–H groups in total. The molecule has 1 unspecified atom stereocenters. The lowest BCUT2D eigenvalue weighted by Crippen LogP contribution is -2.40. The third-order valence-corrected chi connectivity index (χ3v) is 5.26. The van der Waals surface area contributed by atoms with E-state index < -0.39 is 0 Å². The maximum Gasteiger partial charge on any atom is 0.240 e. The van der Waals surface area contributed by atoms with Crippen LogP contribution in [0.3, 0.4) is 0 Å². The van der Waals surface area contributed by atoms with Gasteiger partial charge in [0, 0.05) is 13.0 Å². The summed E-state index contributed by atoms with van der Waals surface area (Å²) < 4.78 is 1.07. The molecule has 7 heteroatoms. The summed E-state index contributed by atoms with van der Waals surface area (Å²) in [6, 6.07) is 7.84. The molecule has 0 spiro atoms. The molecule has 1 aromatic heterocycles. The first-order valence-electron chi connectivity index (χ1n) is 8.26. The Labute approximate surface area is 145 Å². The highest BCUT2D eigenvalue weighted by Crippen LogP contribution is 2.25.